The van der Waals surface area contributed by atoms with Crippen molar-refractivity contribution in [3.05, 3.63) is 29.3 Å². The fourth-order valence-corrected chi connectivity index (χ4v) is 3.66. The van der Waals surface area contributed by atoms with Crippen molar-refractivity contribution in [1.29, 1.82) is 0 Å². The monoisotopic (exact) mass is 330 g/mol. The first-order valence-corrected chi connectivity index (χ1v) is 8.30. The average Bonchev–Trinajstić information content (AvgIpc) is 3.16. The van der Waals surface area contributed by atoms with Crippen LogP contribution < -0.4 is 4.90 Å². The first-order valence-electron chi connectivity index (χ1n) is 8.30. The van der Waals surface area contributed by atoms with Gasteiger partial charge in [0, 0.05) is 25.2 Å². The van der Waals surface area contributed by atoms with Crippen molar-refractivity contribution in [2.45, 2.75) is 39.2 Å². The molecular weight excluding hydrogens is 308 g/mol. The maximum Gasteiger partial charge on any atom is 0.326 e. The zero-order chi connectivity index (χ0) is 17.4. The van der Waals surface area contributed by atoms with Crippen LogP contribution in [0.25, 0.3) is 0 Å². The third-order valence-corrected chi connectivity index (χ3v) is 5.16. The Balaban J connectivity index is 1.78. The molecule has 2 saturated heterocycles. The van der Waals surface area contributed by atoms with Crippen molar-refractivity contribution in [3.63, 3.8) is 0 Å². The fraction of sp³-hybridized carbons (Fsp3) is 0.500. The Morgan fingerprint density at radius 1 is 1.25 bits per heavy atom. The molecule has 2 aliphatic rings. The van der Waals surface area contributed by atoms with Crippen molar-refractivity contribution < 1.29 is 19.5 Å². The summed E-state index contributed by atoms with van der Waals surface area (Å²) in [7, 11) is 0. The van der Waals surface area contributed by atoms with Crippen molar-refractivity contribution in [2.75, 3.05) is 18.0 Å². The van der Waals surface area contributed by atoms with Crippen LogP contribution in [0.1, 0.15) is 30.4 Å². The number of aryl methyl sites for hydroxylation is 1. The second-order valence-corrected chi connectivity index (χ2v) is 6.65. The summed E-state index contributed by atoms with van der Waals surface area (Å²) >= 11 is 0. The van der Waals surface area contributed by atoms with Crippen LogP contribution in [0.4, 0.5) is 5.69 Å². The molecular formula is C18H22N2O4. The van der Waals surface area contributed by atoms with Gasteiger partial charge in [0.05, 0.1) is 5.92 Å². The van der Waals surface area contributed by atoms with Crippen LogP contribution in [0, 0.1) is 19.8 Å². The Morgan fingerprint density at radius 3 is 2.71 bits per heavy atom. The van der Waals surface area contributed by atoms with Crippen molar-refractivity contribution in [1.82, 2.24) is 4.90 Å². The summed E-state index contributed by atoms with van der Waals surface area (Å²) in [6, 6.07) is 5.04. The van der Waals surface area contributed by atoms with Crippen LogP contribution in [0.2, 0.25) is 0 Å². The first-order chi connectivity index (χ1) is 11.4. The SMILES string of the molecule is Cc1cccc(N2CC(C(=O)N3CCCC3C(=O)O)CC2=O)c1C. The van der Waals surface area contributed by atoms with Gasteiger partial charge in [0.1, 0.15) is 6.04 Å². The van der Waals surface area contributed by atoms with Gasteiger partial charge in [-0.1, -0.05) is 12.1 Å². The standard InChI is InChI=1S/C18H22N2O4/c1-11-5-3-6-14(12(11)2)20-10-13(9-16(20)21)17(22)19-8-4-7-15(19)18(23)24/h3,5-6,13,15H,4,7-10H2,1-2H3,(H,23,24). The van der Waals surface area contributed by atoms with Crippen molar-refractivity contribution in [3.8, 4) is 0 Å². The third kappa shape index (κ3) is 2.77. The van der Waals surface area contributed by atoms with Gasteiger partial charge in [0.2, 0.25) is 11.8 Å². The lowest BCUT2D eigenvalue weighted by Crippen LogP contribution is -2.44. The van der Waals surface area contributed by atoms with E-state index in [2.05, 4.69) is 0 Å². The Morgan fingerprint density at radius 2 is 2.00 bits per heavy atom. The largest absolute Gasteiger partial charge is 0.480 e. The summed E-state index contributed by atoms with van der Waals surface area (Å²) in [6.07, 6.45) is 1.33. The molecule has 128 valence electrons. The van der Waals surface area contributed by atoms with Crippen LogP contribution in [-0.2, 0) is 14.4 Å². The van der Waals surface area contributed by atoms with E-state index in [1.807, 2.05) is 32.0 Å². The van der Waals surface area contributed by atoms with Crippen LogP contribution in [-0.4, -0.2) is 46.9 Å². The molecule has 2 fully saturated rings. The highest BCUT2D eigenvalue weighted by Crippen LogP contribution is 2.31. The summed E-state index contributed by atoms with van der Waals surface area (Å²) in [5.41, 5.74) is 2.97. The number of rotatable bonds is 3. The second kappa shape index (κ2) is 6.26. The van der Waals surface area contributed by atoms with E-state index < -0.39 is 17.9 Å². The molecule has 0 radical (unpaired) electrons. The minimum Gasteiger partial charge on any atom is -0.480 e. The van der Waals surface area contributed by atoms with E-state index in [9.17, 15) is 19.5 Å². The number of nitrogens with zero attached hydrogens (tertiary/aromatic N) is 2. The molecule has 1 N–H and O–H groups in total. The average molecular weight is 330 g/mol. The molecule has 3 rings (SSSR count). The highest BCUT2D eigenvalue weighted by atomic mass is 16.4. The van der Waals surface area contributed by atoms with Crippen LogP contribution in [0.3, 0.4) is 0 Å². The summed E-state index contributed by atoms with van der Waals surface area (Å²) in [5, 5.41) is 9.25. The lowest BCUT2D eigenvalue weighted by Gasteiger charge is -2.25. The zero-order valence-electron chi connectivity index (χ0n) is 14.0. The molecule has 0 saturated carbocycles. The Labute approximate surface area is 141 Å². The van der Waals surface area contributed by atoms with Gasteiger partial charge in [-0.2, -0.15) is 0 Å². The van der Waals surface area contributed by atoms with Gasteiger partial charge >= 0.3 is 5.97 Å². The molecule has 1 aromatic carbocycles. The molecule has 0 aromatic heterocycles. The van der Waals surface area contributed by atoms with E-state index in [1.165, 1.54) is 4.90 Å². The normalized spacial score (nSPS) is 23.8. The molecule has 2 amide bonds. The molecule has 6 nitrogen and oxygen atoms in total. The van der Waals surface area contributed by atoms with Gasteiger partial charge in [-0.25, -0.2) is 4.79 Å². The van der Waals surface area contributed by atoms with E-state index in [4.69, 9.17) is 0 Å². The number of carbonyl (C=O) groups is 3. The number of hydrogen-bond donors (Lipinski definition) is 1. The number of likely N-dealkylation sites (tertiary alicyclic amines) is 1. The Kier molecular flexibility index (Phi) is 4.30. The smallest absolute Gasteiger partial charge is 0.326 e. The predicted molar refractivity (Wildman–Crippen MR) is 88.7 cm³/mol. The lowest BCUT2D eigenvalue weighted by molar-refractivity contribution is -0.149. The molecule has 6 heteroatoms. The van der Waals surface area contributed by atoms with E-state index in [1.54, 1.807) is 4.90 Å². The van der Waals surface area contributed by atoms with Crippen LogP contribution in [0.5, 0.6) is 0 Å². The van der Waals surface area contributed by atoms with Gasteiger partial charge < -0.3 is 14.9 Å². The molecule has 0 bridgehead atoms. The first kappa shape index (κ1) is 16.5. The van der Waals surface area contributed by atoms with Gasteiger partial charge in [-0.15, -0.1) is 0 Å². The van der Waals surface area contributed by atoms with Crippen molar-refractivity contribution in [2.24, 2.45) is 5.92 Å². The summed E-state index contributed by atoms with van der Waals surface area (Å²) in [5.74, 6) is -1.71. The Bertz CT molecular complexity index is 700. The van der Waals surface area contributed by atoms with Crippen molar-refractivity contribution >= 4 is 23.5 Å². The lowest BCUT2D eigenvalue weighted by atomic mass is 10.1. The quantitative estimate of drug-likeness (QED) is 0.915. The number of carboxylic acid groups (broad SMARTS) is 1. The predicted octanol–water partition coefficient (Wildman–Crippen LogP) is 1.73. The maximum absolute atomic E-state index is 12.7. The van der Waals surface area contributed by atoms with Gasteiger partial charge in [0.15, 0.2) is 0 Å². The van der Waals surface area contributed by atoms with E-state index in [-0.39, 0.29) is 18.2 Å². The number of benzene rings is 1. The number of carbonyl (C=O) groups excluding carboxylic acids is 2. The van der Waals surface area contributed by atoms with Crippen LogP contribution in [0.15, 0.2) is 18.2 Å². The molecule has 1 aromatic rings. The van der Waals surface area contributed by atoms with E-state index in [0.717, 1.165) is 16.8 Å². The number of hydrogen-bond acceptors (Lipinski definition) is 3. The number of carboxylic acids is 1. The van der Waals surface area contributed by atoms with E-state index >= 15 is 0 Å². The highest BCUT2D eigenvalue weighted by molar-refractivity contribution is 6.01. The van der Waals surface area contributed by atoms with Gasteiger partial charge in [-0.05, 0) is 43.9 Å². The topological polar surface area (TPSA) is 77.9 Å². The minimum atomic E-state index is -0.962. The molecule has 2 atom stereocenters. The molecule has 2 heterocycles. The summed E-state index contributed by atoms with van der Waals surface area (Å²) < 4.78 is 0. The highest BCUT2D eigenvalue weighted by Gasteiger charge is 2.42. The summed E-state index contributed by atoms with van der Waals surface area (Å²) in [6.45, 7) is 4.74. The molecule has 2 unspecified atom stereocenters. The number of anilines is 1. The van der Waals surface area contributed by atoms with E-state index in [0.29, 0.717) is 25.9 Å². The number of amides is 2. The van der Waals surface area contributed by atoms with Gasteiger partial charge in [0.25, 0.3) is 0 Å². The molecule has 0 aliphatic carbocycles. The number of aliphatic carboxylic acids is 1. The molecule has 0 spiro atoms. The minimum absolute atomic E-state index is 0.0758. The third-order valence-electron chi connectivity index (χ3n) is 5.16. The Hall–Kier alpha value is -2.37. The maximum atomic E-state index is 12.7. The zero-order valence-corrected chi connectivity index (χ0v) is 14.0. The fourth-order valence-electron chi connectivity index (χ4n) is 3.66. The molecule has 2 aliphatic heterocycles. The second-order valence-electron chi connectivity index (χ2n) is 6.65. The summed E-state index contributed by atoms with van der Waals surface area (Å²) in [4.78, 5) is 39.5. The molecule has 24 heavy (non-hydrogen) atoms. The van der Waals surface area contributed by atoms with Crippen LogP contribution >= 0.6 is 0 Å². The van der Waals surface area contributed by atoms with Gasteiger partial charge in [-0.3, -0.25) is 9.59 Å².